The molecule has 6 heteroatoms. The zero-order valence-corrected chi connectivity index (χ0v) is 12.4. The Morgan fingerprint density at radius 2 is 2.20 bits per heavy atom. The Balaban J connectivity index is 1.72. The number of nitrogens with zero attached hydrogens (tertiary/aromatic N) is 1. The maximum Gasteiger partial charge on any atom is 0.307 e. The molecule has 1 amide bonds. The van der Waals surface area contributed by atoms with Gasteiger partial charge in [-0.2, -0.15) is 0 Å². The van der Waals surface area contributed by atoms with E-state index in [1.165, 1.54) is 4.88 Å². The van der Waals surface area contributed by atoms with Crippen molar-refractivity contribution < 1.29 is 14.7 Å². The summed E-state index contributed by atoms with van der Waals surface area (Å²) in [5.74, 6) is -1.13. The van der Waals surface area contributed by atoms with Crippen molar-refractivity contribution in [3.8, 4) is 0 Å². The molecule has 1 aliphatic heterocycles. The molecule has 2 N–H and O–H groups in total. The summed E-state index contributed by atoms with van der Waals surface area (Å²) in [5.41, 5.74) is 0. The van der Waals surface area contributed by atoms with Gasteiger partial charge in [-0.25, -0.2) is 0 Å². The summed E-state index contributed by atoms with van der Waals surface area (Å²) in [7, 11) is 0. The molecule has 0 aliphatic carbocycles. The molecule has 1 fully saturated rings. The first-order valence-electron chi connectivity index (χ1n) is 6.88. The van der Waals surface area contributed by atoms with Gasteiger partial charge in [0.25, 0.3) is 0 Å². The molecule has 1 saturated heterocycles. The number of carbonyl (C=O) groups excluding carboxylic acids is 1. The van der Waals surface area contributed by atoms with Gasteiger partial charge in [0.05, 0.1) is 19.0 Å². The molecule has 0 saturated carbocycles. The zero-order chi connectivity index (χ0) is 14.5. The molecule has 0 aromatic carbocycles. The molecule has 110 valence electrons. The summed E-state index contributed by atoms with van der Waals surface area (Å²) in [6.07, 6.45) is 1.65. The van der Waals surface area contributed by atoms with E-state index in [9.17, 15) is 9.59 Å². The summed E-state index contributed by atoms with van der Waals surface area (Å²) in [6, 6.07) is 4.13. The van der Waals surface area contributed by atoms with E-state index in [0.29, 0.717) is 26.1 Å². The number of likely N-dealkylation sites (tertiary alicyclic amines) is 1. The van der Waals surface area contributed by atoms with Gasteiger partial charge in [-0.1, -0.05) is 6.92 Å². The van der Waals surface area contributed by atoms with Crippen LogP contribution in [-0.4, -0.2) is 41.5 Å². The first kappa shape index (κ1) is 15.0. The van der Waals surface area contributed by atoms with Crippen molar-refractivity contribution in [2.45, 2.75) is 26.3 Å². The molecule has 1 aromatic heterocycles. The first-order valence-corrected chi connectivity index (χ1v) is 7.69. The second-order valence-corrected chi connectivity index (χ2v) is 6.31. The van der Waals surface area contributed by atoms with Crippen molar-refractivity contribution in [3.05, 3.63) is 21.9 Å². The van der Waals surface area contributed by atoms with Crippen LogP contribution < -0.4 is 5.32 Å². The smallest absolute Gasteiger partial charge is 0.307 e. The number of carboxylic acids is 1. The van der Waals surface area contributed by atoms with Crippen molar-refractivity contribution in [3.63, 3.8) is 0 Å². The van der Waals surface area contributed by atoms with Gasteiger partial charge < -0.3 is 10.4 Å². The molecule has 1 atom stereocenters. The lowest BCUT2D eigenvalue weighted by Crippen LogP contribution is -2.36. The number of hydrogen-bond donors (Lipinski definition) is 2. The highest BCUT2D eigenvalue weighted by atomic mass is 32.1. The third-order valence-corrected chi connectivity index (χ3v) is 4.74. The van der Waals surface area contributed by atoms with Crippen LogP contribution in [0.1, 0.15) is 23.1 Å². The van der Waals surface area contributed by atoms with E-state index in [1.807, 2.05) is 11.0 Å². The first-order chi connectivity index (χ1) is 9.58. The standard InChI is InChI=1S/C14H20N2O3S/c1-2-11-3-4-12(20-11)7-15-13(17)9-16-6-5-10(8-16)14(18)19/h3-4,10H,2,5-9H2,1H3,(H,15,17)(H,18,19). The quantitative estimate of drug-likeness (QED) is 0.831. The minimum atomic E-state index is -0.765. The topological polar surface area (TPSA) is 69.6 Å². The van der Waals surface area contributed by atoms with Crippen LogP contribution in [0, 0.1) is 5.92 Å². The number of rotatable bonds is 6. The predicted octanol–water partition coefficient (Wildman–Crippen LogP) is 1.33. The molecule has 1 aliphatic rings. The van der Waals surface area contributed by atoms with E-state index in [0.717, 1.165) is 11.3 Å². The Kier molecular flexibility index (Phi) is 5.14. The number of thiophene rings is 1. The van der Waals surface area contributed by atoms with Crippen LogP contribution in [0.2, 0.25) is 0 Å². The van der Waals surface area contributed by atoms with Gasteiger partial charge >= 0.3 is 5.97 Å². The molecular weight excluding hydrogens is 276 g/mol. The average molecular weight is 296 g/mol. The van der Waals surface area contributed by atoms with E-state index >= 15 is 0 Å². The Hall–Kier alpha value is -1.40. The number of carbonyl (C=O) groups is 2. The number of amides is 1. The fourth-order valence-electron chi connectivity index (χ4n) is 2.33. The van der Waals surface area contributed by atoms with Crippen molar-refractivity contribution in [2.24, 2.45) is 5.92 Å². The van der Waals surface area contributed by atoms with Gasteiger partial charge in [-0.3, -0.25) is 14.5 Å². The van der Waals surface area contributed by atoms with Gasteiger partial charge in [0.2, 0.25) is 5.91 Å². The van der Waals surface area contributed by atoms with Crippen LogP contribution in [0.25, 0.3) is 0 Å². The highest BCUT2D eigenvalue weighted by molar-refractivity contribution is 7.11. The molecule has 1 unspecified atom stereocenters. The van der Waals surface area contributed by atoms with Gasteiger partial charge in [-0.05, 0) is 31.5 Å². The van der Waals surface area contributed by atoms with Crippen LogP contribution >= 0.6 is 11.3 Å². The second-order valence-electron chi connectivity index (χ2n) is 5.06. The lowest BCUT2D eigenvalue weighted by molar-refractivity contribution is -0.141. The van der Waals surface area contributed by atoms with Gasteiger partial charge in [0.15, 0.2) is 0 Å². The fraction of sp³-hybridized carbons (Fsp3) is 0.571. The van der Waals surface area contributed by atoms with Crippen LogP contribution in [0.5, 0.6) is 0 Å². The normalized spacial score (nSPS) is 19.1. The van der Waals surface area contributed by atoms with Crippen LogP contribution in [-0.2, 0) is 22.6 Å². The molecule has 0 spiro atoms. The maximum absolute atomic E-state index is 11.8. The zero-order valence-electron chi connectivity index (χ0n) is 11.6. The van der Waals surface area contributed by atoms with Crippen molar-refractivity contribution in [2.75, 3.05) is 19.6 Å². The number of carboxylic acid groups (broad SMARTS) is 1. The Bertz CT molecular complexity index is 487. The van der Waals surface area contributed by atoms with E-state index in [1.54, 1.807) is 11.3 Å². The number of aryl methyl sites for hydroxylation is 1. The monoisotopic (exact) mass is 296 g/mol. The molecule has 0 bridgehead atoms. The minimum Gasteiger partial charge on any atom is -0.481 e. The molecule has 5 nitrogen and oxygen atoms in total. The van der Waals surface area contributed by atoms with Gasteiger partial charge in [0, 0.05) is 16.3 Å². The van der Waals surface area contributed by atoms with E-state index < -0.39 is 5.97 Å². The Labute approximate surface area is 122 Å². The number of hydrogen-bond acceptors (Lipinski definition) is 4. The van der Waals surface area contributed by atoms with Gasteiger partial charge in [-0.15, -0.1) is 11.3 Å². The lowest BCUT2D eigenvalue weighted by Gasteiger charge is -2.14. The predicted molar refractivity (Wildman–Crippen MR) is 77.7 cm³/mol. The molecule has 2 rings (SSSR count). The highest BCUT2D eigenvalue weighted by Crippen LogP contribution is 2.17. The minimum absolute atomic E-state index is 0.0394. The lowest BCUT2D eigenvalue weighted by atomic mass is 10.1. The highest BCUT2D eigenvalue weighted by Gasteiger charge is 2.28. The third kappa shape index (κ3) is 4.05. The second kappa shape index (κ2) is 6.85. The van der Waals surface area contributed by atoms with Crippen molar-refractivity contribution >= 4 is 23.2 Å². The maximum atomic E-state index is 11.8. The summed E-state index contributed by atoms with van der Waals surface area (Å²) in [5, 5.41) is 11.8. The van der Waals surface area contributed by atoms with Crippen LogP contribution in [0.3, 0.4) is 0 Å². The SMILES string of the molecule is CCc1ccc(CNC(=O)CN2CCC(C(=O)O)C2)s1. The molecule has 0 radical (unpaired) electrons. The summed E-state index contributed by atoms with van der Waals surface area (Å²) in [6.45, 7) is 4.11. The Morgan fingerprint density at radius 1 is 1.45 bits per heavy atom. The third-order valence-electron chi connectivity index (χ3n) is 3.51. The summed E-state index contributed by atoms with van der Waals surface area (Å²) in [4.78, 5) is 27.1. The van der Waals surface area contributed by atoms with E-state index in [2.05, 4.69) is 18.3 Å². The molecule has 20 heavy (non-hydrogen) atoms. The van der Waals surface area contributed by atoms with Crippen LogP contribution in [0.4, 0.5) is 0 Å². The average Bonchev–Trinajstić information content (AvgIpc) is 3.04. The fourth-order valence-corrected chi connectivity index (χ4v) is 3.23. The van der Waals surface area contributed by atoms with Crippen molar-refractivity contribution in [1.82, 2.24) is 10.2 Å². The summed E-state index contributed by atoms with van der Waals surface area (Å²) >= 11 is 1.72. The van der Waals surface area contributed by atoms with E-state index in [4.69, 9.17) is 5.11 Å². The number of aliphatic carboxylic acids is 1. The number of nitrogens with one attached hydrogen (secondary N) is 1. The van der Waals surface area contributed by atoms with Crippen LogP contribution in [0.15, 0.2) is 12.1 Å². The van der Waals surface area contributed by atoms with E-state index in [-0.39, 0.29) is 18.4 Å². The van der Waals surface area contributed by atoms with Gasteiger partial charge in [0.1, 0.15) is 0 Å². The molecular formula is C14H20N2O3S. The Morgan fingerprint density at radius 3 is 2.80 bits per heavy atom. The largest absolute Gasteiger partial charge is 0.481 e. The summed E-state index contributed by atoms with van der Waals surface area (Å²) < 4.78 is 0. The molecule has 2 heterocycles. The molecule has 1 aromatic rings. The van der Waals surface area contributed by atoms with Crippen molar-refractivity contribution in [1.29, 1.82) is 0 Å².